The number of halogens is 1. The molecule has 0 aliphatic carbocycles. The second-order valence-electron chi connectivity index (χ2n) is 4.69. The van der Waals surface area contributed by atoms with Crippen molar-refractivity contribution >= 4 is 27.3 Å². The van der Waals surface area contributed by atoms with Gasteiger partial charge in [-0.1, -0.05) is 0 Å². The van der Waals surface area contributed by atoms with Gasteiger partial charge in [-0.05, 0) is 35.0 Å². The molecule has 1 N–H and O–H groups in total. The third-order valence-electron chi connectivity index (χ3n) is 3.06. The Labute approximate surface area is 124 Å². The molecule has 19 heavy (non-hydrogen) atoms. The Kier molecular flexibility index (Phi) is 3.97. The molecule has 0 saturated carbocycles. The van der Waals surface area contributed by atoms with Crippen molar-refractivity contribution in [2.45, 2.75) is 19.5 Å². The van der Waals surface area contributed by atoms with Gasteiger partial charge in [0.2, 0.25) is 5.89 Å². The summed E-state index contributed by atoms with van der Waals surface area (Å²) in [4.78, 5) is 3.34. The van der Waals surface area contributed by atoms with Gasteiger partial charge in [0.1, 0.15) is 0 Å². The smallest absolute Gasteiger partial charge is 0.257 e. The molecule has 1 aliphatic heterocycles. The molecule has 1 saturated heterocycles. The molecule has 0 bridgehead atoms. The quantitative estimate of drug-likeness (QED) is 0.927. The lowest BCUT2D eigenvalue weighted by Gasteiger charge is -2.30. The van der Waals surface area contributed by atoms with E-state index in [2.05, 4.69) is 43.3 Å². The molecule has 0 radical (unpaired) electrons. The van der Waals surface area contributed by atoms with Crippen LogP contribution in [-0.4, -0.2) is 40.8 Å². The Bertz CT molecular complexity index is 555. The molecular weight excluding hydrogens is 328 g/mol. The molecule has 0 spiro atoms. The Morgan fingerprint density at radius 3 is 3.16 bits per heavy atom. The van der Waals surface area contributed by atoms with E-state index >= 15 is 0 Å². The normalized spacial score (nSPS) is 20.8. The largest absolute Gasteiger partial charge is 0.419 e. The fourth-order valence-corrected chi connectivity index (χ4v) is 3.50. The van der Waals surface area contributed by atoms with Crippen molar-refractivity contribution in [1.82, 2.24) is 20.4 Å². The fraction of sp³-hybridized carbons (Fsp3) is 0.500. The van der Waals surface area contributed by atoms with Gasteiger partial charge in [-0.2, -0.15) is 0 Å². The molecule has 2 aromatic rings. The molecule has 0 aromatic carbocycles. The lowest BCUT2D eigenvalue weighted by Crippen LogP contribution is -2.48. The van der Waals surface area contributed by atoms with Crippen LogP contribution in [0.4, 0.5) is 0 Å². The maximum atomic E-state index is 5.73. The first-order chi connectivity index (χ1) is 9.20. The van der Waals surface area contributed by atoms with Crippen LogP contribution in [0.5, 0.6) is 0 Å². The number of nitrogens with zero attached hydrogens (tertiary/aromatic N) is 3. The van der Waals surface area contributed by atoms with Gasteiger partial charge in [-0.3, -0.25) is 4.90 Å². The van der Waals surface area contributed by atoms with Gasteiger partial charge in [0.25, 0.3) is 5.89 Å². The van der Waals surface area contributed by atoms with Crippen LogP contribution in [0, 0.1) is 0 Å². The van der Waals surface area contributed by atoms with Crippen LogP contribution in [0.1, 0.15) is 12.8 Å². The Balaban J connectivity index is 1.68. The summed E-state index contributed by atoms with van der Waals surface area (Å²) in [6, 6.07) is 4.49. The molecule has 0 amide bonds. The minimum atomic E-state index is 0.518. The van der Waals surface area contributed by atoms with E-state index in [4.69, 9.17) is 4.42 Å². The van der Waals surface area contributed by atoms with E-state index in [0.29, 0.717) is 17.8 Å². The summed E-state index contributed by atoms with van der Waals surface area (Å²) in [7, 11) is 0. The Hall–Kier alpha value is -0.760. The SMILES string of the molecule is CC1CN(Cc2nnc(-c3ccc(Br)s3)o2)CCN1. The van der Waals surface area contributed by atoms with Gasteiger partial charge in [-0.25, -0.2) is 0 Å². The topological polar surface area (TPSA) is 54.2 Å². The van der Waals surface area contributed by atoms with Crippen LogP contribution in [0.3, 0.4) is 0 Å². The number of rotatable bonds is 3. The van der Waals surface area contributed by atoms with Gasteiger partial charge in [0.15, 0.2) is 0 Å². The third kappa shape index (κ3) is 3.22. The first kappa shape index (κ1) is 13.2. The standard InChI is InChI=1S/C12H15BrN4OS/c1-8-6-17(5-4-14-8)7-11-15-16-12(18-11)9-2-3-10(13)19-9/h2-3,8,14H,4-7H2,1H3. The zero-order chi connectivity index (χ0) is 13.2. The van der Waals surface area contributed by atoms with Gasteiger partial charge < -0.3 is 9.73 Å². The van der Waals surface area contributed by atoms with Gasteiger partial charge in [0, 0.05) is 25.7 Å². The number of nitrogens with one attached hydrogen (secondary N) is 1. The average Bonchev–Trinajstić information content (AvgIpc) is 2.98. The van der Waals surface area contributed by atoms with E-state index in [1.54, 1.807) is 11.3 Å². The maximum Gasteiger partial charge on any atom is 0.257 e. The highest BCUT2D eigenvalue weighted by atomic mass is 79.9. The molecular formula is C12H15BrN4OS. The molecule has 7 heteroatoms. The lowest BCUT2D eigenvalue weighted by atomic mass is 10.2. The van der Waals surface area contributed by atoms with E-state index in [1.165, 1.54) is 0 Å². The predicted molar refractivity (Wildman–Crippen MR) is 78.1 cm³/mol. The minimum Gasteiger partial charge on any atom is -0.419 e. The van der Waals surface area contributed by atoms with Crippen molar-refractivity contribution < 1.29 is 4.42 Å². The minimum absolute atomic E-state index is 0.518. The van der Waals surface area contributed by atoms with Gasteiger partial charge >= 0.3 is 0 Å². The summed E-state index contributed by atoms with van der Waals surface area (Å²) < 4.78 is 6.79. The first-order valence-corrected chi connectivity index (χ1v) is 7.85. The highest BCUT2D eigenvalue weighted by Crippen LogP contribution is 2.30. The van der Waals surface area contributed by atoms with Crippen molar-refractivity contribution in [2.75, 3.05) is 19.6 Å². The molecule has 102 valence electrons. The molecule has 1 unspecified atom stereocenters. The number of hydrogen-bond acceptors (Lipinski definition) is 6. The van der Waals surface area contributed by atoms with E-state index in [1.807, 2.05) is 12.1 Å². The van der Waals surface area contributed by atoms with Crippen molar-refractivity contribution in [2.24, 2.45) is 0 Å². The van der Waals surface area contributed by atoms with Crippen molar-refractivity contribution in [3.8, 4) is 10.8 Å². The van der Waals surface area contributed by atoms with Crippen LogP contribution in [0.25, 0.3) is 10.8 Å². The van der Waals surface area contributed by atoms with Crippen LogP contribution in [-0.2, 0) is 6.54 Å². The lowest BCUT2D eigenvalue weighted by molar-refractivity contribution is 0.184. The van der Waals surface area contributed by atoms with E-state index in [0.717, 1.165) is 34.8 Å². The second kappa shape index (κ2) is 5.70. The van der Waals surface area contributed by atoms with E-state index < -0.39 is 0 Å². The van der Waals surface area contributed by atoms with Crippen LogP contribution in [0.2, 0.25) is 0 Å². The monoisotopic (exact) mass is 342 g/mol. The molecule has 1 atom stereocenters. The zero-order valence-electron chi connectivity index (χ0n) is 10.6. The van der Waals surface area contributed by atoms with Gasteiger partial charge in [-0.15, -0.1) is 21.5 Å². The summed E-state index contributed by atoms with van der Waals surface area (Å²) in [6.45, 7) is 5.97. The number of aromatic nitrogens is 2. The number of piperazine rings is 1. The summed E-state index contributed by atoms with van der Waals surface area (Å²) in [5.41, 5.74) is 0. The summed E-state index contributed by atoms with van der Waals surface area (Å²) in [5, 5.41) is 11.7. The Morgan fingerprint density at radius 2 is 2.42 bits per heavy atom. The molecule has 2 aromatic heterocycles. The van der Waals surface area contributed by atoms with Crippen LogP contribution < -0.4 is 5.32 Å². The third-order valence-corrected chi connectivity index (χ3v) is 4.67. The molecule has 1 aliphatic rings. The van der Waals surface area contributed by atoms with Crippen LogP contribution >= 0.6 is 27.3 Å². The van der Waals surface area contributed by atoms with E-state index in [-0.39, 0.29) is 0 Å². The highest BCUT2D eigenvalue weighted by Gasteiger charge is 2.18. The molecule has 1 fully saturated rings. The average molecular weight is 343 g/mol. The first-order valence-electron chi connectivity index (χ1n) is 6.24. The van der Waals surface area contributed by atoms with Crippen molar-refractivity contribution in [3.63, 3.8) is 0 Å². The molecule has 5 nitrogen and oxygen atoms in total. The van der Waals surface area contributed by atoms with Gasteiger partial charge in [0.05, 0.1) is 15.2 Å². The van der Waals surface area contributed by atoms with Crippen molar-refractivity contribution in [1.29, 1.82) is 0 Å². The Morgan fingerprint density at radius 1 is 1.53 bits per heavy atom. The molecule has 3 heterocycles. The summed E-state index contributed by atoms with van der Waals surface area (Å²) >= 11 is 5.03. The maximum absolute atomic E-state index is 5.73. The van der Waals surface area contributed by atoms with E-state index in [9.17, 15) is 0 Å². The van der Waals surface area contributed by atoms with Crippen LogP contribution in [0.15, 0.2) is 20.3 Å². The number of hydrogen-bond donors (Lipinski definition) is 1. The summed E-state index contributed by atoms with van der Waals surface area (Å²) in [6.07, 6.45) is 0. The zero-order valence-corrected chi connectivity index (χ0v) is 13.0. The molecule has 3 rings (SSSR count). The number of thiophene rings is 1. The highest BCUT2D eigenvalue weighted by molar-refractivity contribution is 9.11. The second-order valence-corrected chi connectivity index (χ2v) is 7.16. The fourth-order valence-electron chi connectivity index (χ4n) is 2.19. The summed E-state index contributed by atoms with van der Waals surface area (Å²) in [5.74, 6) is 1.29. The van der Waals surface area contributed by atoms with Crippen molar-refractivity contribution in [3.05, 3.63) is 21.8 Å². The predicted octanol–water partition coefficient (Wildman–Crippen LogP) is 2.35.